The van der Waals surface area contributed by atoms with Gasteiger partial charge < -0.3 is 5.73 Å². The molecule has 5 heteroatoms. The number of rotatable bonds is 3. The van der Waals surface area contributed by atoms with Crippen LogP contribution in [0.1, 0.15) is 23.9 Å². The lowest BCUT2D eigenvalue weighted by atomic mass is 9.88. The van der Waals surface area contributed by atoms with Crippen molar-refractivity contribution in [1.29, 1.82) is 0 Å². The zero-order valence-electron chi connectivity index (χ0n) is 11.2. The summed E-state index contributed by atoms with van der Waals surface area (Å²) in [6, 6.07) is 8.15. The first kappa shape index (κ1) is 14.8. The third-order valence-corrected chi connectivity index (χ3v) is 4.86. The molecule has 1 aromatic carbocycles. The second-order valence-corrected chi connectivity index (χ2v) is 6.78. The molecule has 1 atom stereocenters. The Morgan fingerprint density at radius 3 is 2.32 bits per heavy atom. The van der Waals surface area contributed by atoms with Gasteiger partial charge in [0, 0.05) is 23.5 Å². The van der Waals surface area contributed by atoms with Gasteiger partial charge in [0.1, 0.15) is 0 Å². The van der Waals surface area contributed by atoms with E-state index < -0.39 is 5.54 Å². The molecule has 0 saturated carbocycles. The highest BCUT2D eigenvalue weighted by atomic mass is 79.9. The fraction of sp³-hybridized carbons (Fsp3) is 0.357. The molecule has 0 radical (unpaired) electrons. The first-order chi connectivity index (χ1) is 8.81. The molecule has 19 heavy (non-hydrogen) atoms. The summed E-state index contributed by atoms with van der Waals surface area (Å²) in [6.45, 7) is 4.03. The molecule has 0 fully saturated rings. The molecular formula is C14H17Br2N3. The van der Waals surface area contributed by atoms with Crippen molar-refractivity contribution < 1.29 is 0 Å². The molecular weight excluding hydrogens is 370 g/mol. The molecule has 3 nitrogen and oxygen atoms in total. The number of nitrogens with zero attached hydrogens (tertiary/aromatic N) is 2. The zero-order valence-corrected chi connectivity index (χ0v) is 14.4. The first-order valence-electron chi connectivity index (χ1n) is 6.04. The third kappa shape index (κ3) is 3.09. The van der Waals surface area contributed by atoms with E-state index >= 15 is 0 Å². The van der Waals surface area contributed by atoms with Crippen molar-refractivity contribution in [2.24, 2.45) is 12.8 Å². The summed E-state index contributed by atoms with van der Waals surface area (Å²) in [4.78, 5) is 0. The van der Waals surface area contributed by atoms with Crippen LogP contribution in [0.3, 0.4) is 0 Å². The van der Waals surface area contributed by atoms with E-state index in [1.54, 1.807) is 0 Å². The molecule has 2 rings (SSSR count). The van der Waals surface area contributed by atoms with E-state index in [2.05, 4.69) is 49.1 Å². The molecule has 0 aliphatic rings. The van der Waals surface area contributed by atoms with E-state index in [0.29, 0.717) is 0 Å². The average Bonchev–Trinajstić information content (AvgIpc) is 2.56. The van der Waals surface area contributed by atoms with Gasteiger partial charge in [-0.05, 0) is 47.5 Å². The molecule has 1 unspecified atom stereocenters. The average molecular weight is 387 g/mol. The molecule has 0 amide bonds. The summed E-state index contributed by atoms with van der Waals surface area (Å²) in [5.41, 5.74) is 9.28. The SMILES string of the molecule is Cc1nn(C)c(CC(C)(N)c2ccc(Br)cc2)c1Br. The molecule has 102 valence electrons. The van der Waals surface area contributed by atoms with Crippen molar-refractivity contribution in [2.45, 2.75) is 25.8 Å². The Bertz CT molecular complexity index is 585. The van der Waals surface area contributed by atoms with Crippen LogP contribution in [0.5, 0.6) is 0 Å². The second-order valence-electron chi connectivity index (χ2n) is 5.07. The van der Waals surface area contributed by atoms with Gasteiger partial charge in [0.2, 0.25) is 0 Å². The summed E-state index contributed by atoms with van der Waals surface area (Å²) in [5, 5.41) is 4.41. The Labute approximate surface area is 130 Å². The summed E-state index contributed by atoms with van der Waals surface area (Å²) in [5.74, 6) is 0. The summed E-state index contributed by atoms with van der Waals surface area (Å²) in [7, 11) is 1.95. The number of hydrogen-bond donors (Lipinski definition) is 1. The van der Waals surface area contributed by atoms with Gasteiger partial charge in [-0.25, -0.2) is 0 Å². The molecule has 1 aromatic heterocycles. The van der Waals surface area contributed by atoms with Crippen LogP contribution in [0, 0.1) is 6.92 Å². The minimum Gasteiger partial charge on any atom is -0.321 e. The van der Waals surface area contributed by atoms with Crippen LogP contribution in [0.15, 0.2) is 33.2 Å². The van der Waals surface area contributed by atoms with E-state index in [4.69, 9.17) is 5.73 Å². The van der Waals surface area contributed by atoms with E-state index in [9.17, 15) is 0 Å². The van der Waals surface area contributed by atoms with Crippen LogP contribution in [0.2, 0.25) is 0 Å². The maximum absolute atomic E-state index is 6.49. The zero-order chi connectivity index (χ0) is 14.2. The number of aromatic nitrogens is 2. The van der Waals surface area contributed by atoms with Crippen molar-refractivity contribution in [3.05, 3.63) is 50.2 Å². The lowest BCUT2D eigenvalue weighted by molar-refractivity contribution is 0.471. The highest BCUT2D eigenvalue weighted by molar-refractivity contribution is 9.10. The minimum atomic E-state index is -0.427. The molecule has 2 N–H and O–H groups in total. The van der Waals surface area contributed by atoms with Gasteiger partial charge in [-0.3, -0.25) is 4.68 Å². The van der Waals surface area contributed by atoms with Gasteiger partial charge in [-0.2, -0.15) is 5.10 Å². The molecule has 0 aliphatic carbocycles. The Hall–Kier alpha value is -0.650. The van der Waals surface area contributed by atoms with Crippen LogP contribution < -0.4 is 5.73 Å². The molecule has 1 heterocycles. The van der Waals surface area contributed by atoms with Crippen molar-refractivity contribution in [3.8, 4) is 0 Å². The van der Waals surface area contributed by atoms with Crippen LogP contribution in [-0.2, 0) is 19.0 Å². The fourth-order valence-electron chi connectivity index (χ4n) is 2.15. The van der Waals surface area contributed by atoms with Gasteiger partial charge in [-0.1, -0.05) is 28.1 Å². The van der Waals surface area contributed by atoms with E-state index in [1.807, 2.05) is 37.7 Å². The van der Waals surface area contributed by atoms with Gasteiger partial charge >= 0.3 is 0 Å². The van der Waals surface area contributed by atoms with Crippen LogP contribution in [-0.4, -0.2) is 9.78 Å². The van der Waals surface area contributed by atoms with Gasteiger partial charge in [0.15, 0.2) is 0 Å². The van der Waals surface area contributed by atoms with Gasteiger partial charge in [0.05, 0.1) is 15.9 Å². The second kappa shape index (κ2) is 5.38. The standard InChI is InChI=1S/C14H17Br2N3/c1-9-13(16)12(19(3)18-9)8-14(2,17)10-4-6-11(15)7-5-10/h4-7H,8,17H2,1-3H3. The smallest absolute Gasteiger partial charge is 0.0738 e. The van der Waals surface area contributed by atoms with Gasteiger partial charge in [0.25, 0.3) is 0 Å². The quantitative estimate of drug-likeness (QED) is 0.874. The summed E-state index contributed by atoms with van der Waals surface area (Å²) >= 11 is 7.03. The topological polar surface area (TPSA) is 43.8 Å². The largest absolute Gasteiger partial charge is 0.321 e. The van der Waals surface area contributed by atoms with Gasteiger partial charge in [-0.15, -0.1) is 0 Å². The molecule has 2 aromatic rings. The maximum Gasteiger partial charge on any atom is 0.0738 e. The highest BCUT2D eigenvalue weighted by Crippen LogP contribution is 2.29. The predicted octanol–water partition coefficient (Wildman–Crippen LogP) is 3.67. The highest BCUT2D eigenvalue weighted by Gasteiger charge is 2.25. The summed E-state index contributed by atoms with van der Waals surface area (Å²) < 4.78 is 4.00. The fourth-order valence-corrected chi connectivity index (χ4v) is 2.89. The summed E-state index contributed by atoms with van der Waals surface area (Å²) in [6.07, 6.45) is 0.729. The lowest BCUT2D eigenvalue weighted by Crippen LogP contribution is -2.36. The molecule has 0 aliphatic heterocycles. The maximum atomic E-state index is 6.49. The number of benzene rings is 1. The monoisotopic (exact) mass is 385 g/mol. The normalized spacial score (nSPS) is 14.4. The van der Waals surface area contributed by atoms with E-state index in [1.165, 1.54) is 0 Å². The van der Waals surface area contributed by atoms with Crippen LogP contribution >= 0.6 is 31.9 Å². The van der Waals surface area contributed by atoms with Crippen LogP contribution in [0.4, 0.5) is 0 Å². The Kier molecular flexibility index (Phi) is 4.18. The van der Waals surface area contributed by atoms with Crippen molar-refractivity contribution in [1.82, 2.24) is 9.78 Å². The molecule has 0 bridgehead atoms. The van der Waals surface area contributed by atoms with Crippen LogP contribution in [0.25, 0.3) is 0 Å². The predicted molar refractivity (Wildman–Crippen MR) is 85.0 cm³/mol. The van der Waals surface area contributed by atoms with Crippen molar-refractivity contribution >= 4 is 31.9 Å². The number of nitrogens with two attached hydrogens (primary N) is 1. The number of hydrogen-bond acceptors (Lipinski definition) is 2. The Morgan fingerprint density at radius 1 is 1.26 bits per heavy atom. The number of halogens is 2. The van der Waals surface area contributed by atoms with E-state index in [0.717, 1.165) is 32.3 Å². The third-order valence-electron chi connectivity index (χ3n) is 3.30. The molecule has 0 spiro atoms. The minimum absolute atomic E-state index is 0.427. The Morgan fingerprint density at radius 2 is 1.84 bits per heavy atom. The molecule has 0 saturated heterocycles. The lowest BCUT2D eigenvalue weighted by Gasteiger charge is -2.25. The Balaban J connectivity index is 2.33. The van der Waals surface area contributed by atoms with Crippen molar-refractivity contribution in [2.75, 3.05) is 0 Å². The van der Waals surface area contributed by atoms with E-state index in [-0.39, 0.29) is 0 Å². The number of aryl methyl sites for hydroxylation is 2. The first-order valence-corrected chi connectivity index (χ1v) is 7.63. The van der Waals surface area contributed by atoms with Crippen molar-refractivity contribution in [3.63, 3.8) is 0 Å².